The van der Waals surface area contributed by atoms with Crippen molar-refractivity contribution < 1.29 is 23.9 Å². The van der Waals surface area contributed by atoms with Crippen LogP contribution in [-0.4, -0.2) is 44.1 Å². The number of amides is 1. The number of carbonyl (C=O) groups excluding carboxylic acids is 3. The first kappa shape index (κ1) is 18.8. The number of piperidine rings is 1. The van der Waals surface area contributed by atoms with Gasteiger partial charge in [0.2, 0.25) is 5.91 Å². The number of nitrogens with zero attached hydrogens (tertiary/aromatic N) is 1. The molecule has 0 saturated carbocycles. The summed E-state index contributed by atoms with van der Waals surface area (Å²) in [6.45, 7) is 5.00. The topological polar surface area (TPSA) is 98.9 Å². The van der Waals surface area contributed by atoms with E-state index in [9.17, 15) is 14.4 Å². The van der Waals surface area contributed by atoms with Crippen LogP contribution in [0.5, 0.6) is 0 Å². The molecule has 0 aliphatic carbocycles. The summed E-state index contributed by atoms with van der Waals surface area (Å²) in [4.78, 5) is 38.0. The van der Waals surface area contributed by atoms with E-state index < -0.39 is 11.9 Å². The van der Waals surface area contributed by atoms with Gasteiger partial charge in [0, 0.05) is 19.0 Å². The molecular formula is C18H24N2O5. The van der Waals surface area contributed by atoms with Crippen LogP contribution < -0.4 is 10.6 Å². The Kier molecular flexibility index (Phi) is 6.38. The molecule has 2 N–H and O–H groups in total. The van der Waals surface area contributed by atoms with Crippen LogP contribution >= 0.6 is 0 Å². The van der Waals surface area contributed by atoms with Crippen molar-refractivity contribution in [2.24, 2.45) is 11.7 Å². The van der Waals surface area contributed by atoms with Gasteiger partial charge in [-0.2, -0.15) is 0 Å². The number of primary amides is 1. The summed E-state index contributed by atoms with van der Waals surface area (Å²) in [6.07, 6.45) is 1.22. The highest BCUT2D eigenvalue weighted by Crippen LogP contribution is 2.29. The number of hydrogen-bond acceptors (Lipinski definition) is 6. The molecule has 0 spiro atoms. The monoisotopic (exact) mass is 348 g/mol. The highest BCUT2D eigenvalue weighted by molar-refractivity contribution is 6.07. The Morgan fingerprint density at radius 3 is 2.24 bits per heavy atom. The average molecular weight is 348 g/mol. The van der Waals surface area contributed by atoms with Crippen molar-refractivity contribution in [3.63, 3.8) is 0 Å². The lowest BCUT2D eigenvalue weighted by molar-refractivity contribution is -0.122. The Morgan fingerprint density at radius 2 is 1.68 bits per heavy atom. The van der Waals surface area contributed by atoms with Crippen molar-refractivity contribution in [2.45, 2.75) is 26.7 Å². The Labute approximate surface area is 147 Å². The maximum atomic E-state index is 12.5. The minimum atomic E-state index is -0.557. The van der Waals surface area contributed by atoms with Gasteiger partial charge in [-0.3, -0.25) is 4.79 Å². The molecule has 0 aromatic heterocycles. The number of esters is 2. The van der Waals surface area contributed by atoms with E-state index in [-0.39, 0.29) is 36.2 Å². The molecule has 1 saturated heterocycles. The number of hydrogen-bond donors (Lipinski definition) is 1. The van der Waals surface area contributed by atoms with E-state index >= 15 is 0 Å². The fourth-order valence-corrected chi connectivity index (χ4v) is 3.01. The molecule has 1 fully saturated rings. The Balaban J connectivity index is 2.37. The maximum Gasteiger partial charge on any atom is 0.341 e. The van der Waals surface area contributed by atoms with Crippen LogP contribution in [0.1, 0.15) is 47.4 Å². The number of ether oxygens (including phenoxy) is 2. The van der Waals surface area contributed by atoms with Crippen LogP contribution in [0.25, 0.3) is 0 Å². The lowest BCUT2D eigenvalue weighted by Crippen LogP contribution is -2.39. The van der Waals surface area contributed by atoms with Crippen molar-refractivity contribution in [1.82, 2.24) is 0 Å². The molecule has 1 aliphatic heterocycles. The normalized spacial score (nSPS) is 14.9. The van der Waals surface area contributed by atoms with Crippen molar-refractivity contribution in [3.8, 4) is 0 Å². The van der Waals surface area contributed by atoms with Gasteiger partial charge >= 0.3 is 11.9 Å². The van der Waals surface area contributed by atoms with Gasteiger partial charge < -0.3 is 20.1 Å². The zero-order valence-electron chi connectivity index (χ0n) is 14.6. The molecule has 1 heterocycles. The fourth-order valence-electron chi connectivity index (χ4n) is 3.01. The second-order valence-corrected chi connectivity index (χ2v) is 5.80. The summed E-state index contributed by atoms with van der Waals surface area (Å²) in [6, 6.07) is 5.05. The number of anilines is 1. The summed E-state index contributed by atoms with van der Waals surface area (Å²) in [5.74, 6) is -1.57. The Bertz CT molecular complexity index is 651. The van der Waals surface area contributed by atoms with Gasteiger partial charge in [0.25, 0.3) is 0 Å². The van der Waals surface area contributed by atoms with Crippen LogP contribution in [0, 0.1) is 5.92 Å². The summed E-state index contributed by atoms with van der Waals surface area (Å²) in [7, 11) is 0. The number of rotatable bonds is 6. The summed E-state index contributed by atoms with van der Waals surface area (Å²) in [5.41, 5.74) is 6.39. The standard InChI is InChI=1S/C18H24N2O5/c1-3-24-17(22)13-6-5-7-14(15(13)18(23)25-4-2)20-10-8-12(9-11-20)16(19)21/h5-7,12H,3-4,8-11H2,1-2H3,(H2,19,21). The van der Waals surface area contributed by atoms with E-state index in [4.69, 9.17) is 15.2 Å². The van der Waals surface area contributed by atoms with Crippen molar-refractivity contribution in [1.29, 1.82) is 0 Å². The Morgan fingerprint density at radius 1 is 1.08 bits per heavy atom. The largest absolute Gasteiger partial charge is 0.462 e. The molecule has 1 aliphatic rings. The zero-order chi connectivity index (χ0) is 18.4. The van der Waals surface area contributed by atoms with Crippen LogP contribution in [0.3, 0.4) is 0 Å². The van der Waals surface area contributed by atoms with Crippen molar-refractivity contribution in [2.75, 3.05) is 31.2 Å². The first-order chi connectivity index (χ1) is 12.0. The second kappa shape index (κ2) is 8.50. The highest BCUT2D eigenvalue weighted by Gasteiger charge is 2.29. The van der Waals surface area contributed by atoms with Crippen LogP contribution in [0.2, 0.25) is 0 Å². The van der Waals surface area contributed by atoms with Crippen molar-refractivity contribution >= 4 is 23.5 Å². The van der Waals surface area contributed by atoms with Crippen LogP contribution in [0.4, 0.5) is 5.69 Å². The minimum absolute atomic E-state index is 0.157. The Hall–Kier alpha value is -2.57. The lowest BCUT2D eigenvalue weighted by Gasteiger charge is -2.33. The van der Waals surface area contributed by atoms with E-state index in [1.54, 1.807) is 32.0 Å². The molecule has 7 heteroatoms. The van der Waals surface area contributed by atoms with Gasteiger partial charge in [-0.1, -0.05) is 6.07 Å². The number of carbonyl (C=O) groups is 3. The van der Waals surface area contributed by atoms with E-state index in [2.05, 4.69) is 0 Å². The van der Waals surface area contributed by atoms with Gasteiger partial charge in [0.05, 0.1) is 30.0 Å². The predicted molar refractivity (Wildman–Crippen MR) is 92.5 cm³/mol. The average Bonchev–Trinajstić information content (AvgIpc) is 2.61. The number of nitrogens with two attached hydrogens (primary N) is 1. The van der Waals surface area contributed by atoms with Crippen LogP contribution in [-0.2, 0) is 14.3 Å². The van der Waals surface area contributed by atoms with Gasteiger partial charge in [-0.05, 0) is 38.8 Å². The van der Waals surface area contributed by atoms with E-state index in [1.165, 1.54) is 0 Å². The summed E-state index contributed by atoms with van der Waals surface area (Å²) < 4.78 is 10.2. The molecule has 0 atom stereocenters. The third kappa shape index (κ3) is 4.29. The molecule has 7 nitrogen and oxygen atoms in total. The fraction of sp³-hybridized carbons (Fsp3) is 0.500. The molecule has 1 aromatic carbocycles. The van der Waals surface area contributed by atoms with Gasteiger partial charge in [-0.15, -0.1) is 0 Å². The second-order valence-electron chi connectivity index (χ2n) is 5.80. The third-order valence-electron chi connectivity index (χ3n) is 4.26. The smallest absolute Gasteiger partial charge is 0.341 e. The first-order valence-electron chi connectivity index (χ1n) is 8.51. The number of benzene rings is 1. The molecule has 0 unspecified atom stereocenters. The van der Waals surface area contributed by atoms with Crippen LogP contribution in [0.15, 0.2) is 18.2 Å². The highest BCUT2D eigenvalue weighted by atomic mass is 16.5. The SMILES string of the molecule is CCOC(=O)c1cccc(N2CCC(C(N)=O)CC2)c1C(=O)OCC. The molecule has 136 valence electrons. The van der Waals surface area contributed by atoms with Gasteiger partial charge in [0.15, 0.2) is 0 Å². The molecular weight excluding hydrogens is 324 g/mol. The molecule has 25 heavy (non-hydrogen) atoms. The molecule has 1 amide bonds. The summed E-state index contributed by atoms with van der Waals surface area (Å²) >= 11 is 0. The summed E-state index contributed by atoms with van der Waals surface area (Å²) in [5, 5.41) is 0. The molecule has 1 aromatic rings. The lowest BCUT2D eigenvalue weighted by atomic mass is 9.94. The van der Waals surface area contributed by atoms with E-state index in [0.717, 1.165) is 0 Å². The van der Waals surface area contributed by atoms with Gasteiger partial charge in [0.1, 0.15) is 0 Å². The molecule has 0 bridgehead atoms. The minimum Gasteiger partial charge on any atom is -0.462 e. The third-order valence-corrected chi connectivity index (χ3v) is 4.26. The van der Waals surface area contributed by atoms with E-state index in [1.807, 2.05) is 4.90 Å². The maximum absolute atomic E-state index is 12.5. The molecule has 0 radical (unpaired) electrons. The predicted octanol–water partition coefficient (Wildman–Crippen LogP) is 1.74. The zero-order valence-corrected chi connectivity index (χ0v) is 14.6. The molecule has 2 rings (SSSR count). The van der Waals surface area contributed by atoms with Crippen molar-refractivity contribution in [3.05, 3.63) is 29.3 Å². The quantitative estimate of drug-likeness (QED) is 0.786. The first-order valence-corrected chi connectivity index (χ1v) is 8.51. The van der Waals surface area contributed by atoms with Gasteiger partial charge in [-0.25, -0.2) is 9.59 Å². The van der Waals surface area contributed by atoms with E-state index in [0.29, 0.717) is 31.6 Å².